The van der Waals surface area contributed by atoms with Crippen LogP contribution in [0.15, 0.2) is 0 Å². The number of nitrogens with zero attached hydrogens (tertiary/aromatic N) is 4. The number of ether oxygens (including phenoxy) is 1. The molecule has 1 aromatic rings. The zero-order chi connectivity index (χ0) is 7.40. The second-order valence-corrected chi connectivity index (χ2v) is 1.65. The minimum atomic E-state index is -0.191. The molecule has 0 aliphatic heterocycles. The number of rotatable bonds is 3. The van der Waals surface area contributed by atoms with Crippen molar-refractivity contribution in [2.45, 2.75) is 13.3 Å². The summed E-state index contributed by atoms with van der Waals surface area (Å²) >= 11 is 0. The number of tetrazole rings is 1. The van der Waals surface area contributed by atoms with Crippen LogP contribution in [0.4, 0.5) is 0 Å². The first-order chi connectivity index (χ1) is 4.86. The summed E-state index contributed by atoms with van der Waals surface area (Å²) < 4.78 is 4.70. The molecule has 56 valence electrons. The predicted molar refractivity (Wildman–Crippen MR) is 30.7 cm³/mol. The van der Waals surface area contributed by atoms with Gasteiger partial charge >= 0.3 is 0 Å². The third-order valence-corrected chi connectivity index (χ3v) is 0.880. The van der Waals surface area contributed by atoms with Gasteiger partial charge in [0.25, 0.3) is 0 Å². The van der Waals surface area contributed by atoms with E-state index in [-0.39, 0.29) is 13.3 Å². The summed E-state index contributed by atoms with van der Waals surface area (Å²) in [6.45, 7) is 0.0662. The molecule has 0 aromatic carbocycles. The lowest BCUT2D eigenvalue weighted by Gasteiger charge is -1.91. The maximum absolute atomic E-state index is 8.50. The van der Waals surface area contributed by atoms with Gasteiger partial charge in [0, 0.05) is 7.11 Å². The molecule has 0 aliphatic carbocycles. The average Bonchev–Trinajstić information content (AvgIpc) is 2.37. The summed E-state index contributed by atoms with van der Waals surface area (Å²) in [5, 5.41) is 19.3. The van der Waals surface area contributed by atoms with Gasteiger partial charge in [0.1, 0.15) is 6.61 Å². The highest BCUT2D eigenvalue weighted by Crippen LogP contribution is 1.84. The van der Waals surface area contributed by atoms with Crippen molar-refractivity contribution in [2.24, 2.45) is 0 Å². The minimum Gasteiger partial charge on any atom is -0.388 e. The van der Waals surface area contributed by atoms with Crippen LogP contribution < -0.4 is 0 Å². The normalized spacial score (nSPS) is 10.2. The molecule has 0 aliphatic rings. The number of aliphatic hydroxyl groups is 1. The fraction of sp³-hybridized carbons (Fsp3) is 0.750. The number of methoxy groups -OCH3 is 1. The Bertz CT molecular complexity index is 199. The van der Waals surface area contributed by atoms with Gasteiger partial charge in [-0.15, -0.1) is 15.0 Å². The molecule has 0 saturated heterocycles. The molecular formula is C4H8N4O2. The van der Waals surface area contributed by atoms with Gasteiger partial charge < -0.3 is 9.84 Å². The van der Waals surface area contributed by atoms with E-state index in [2.05, 4.69) is 15.4 Å². The Hall–Kier alpha value is -1.01. The average molecular weight is 144 g/mol. The fourth-order valence-electron chi connectivity index (χ4n) is 0.510. The molecule has 0 amide bonds. The first-order valence-electron chi connectivity index (χ1n) is 2.73. The van der Waals surface area contributed by atoms with E-state index in [1.807, 2.05) is 0 Å². The van der Waals surface area contributed by atoms with Gasteiger partial charge in [0.05, 0.1) is 0 Å². The summed E-state index contributed by atoms with van der Waals surface area (Å²) in [6.07, 6.45) is 0. The molecule has 10 heavy (non-hydrogen) atoms. The van der Waals surface area contributed by atoms with Gasteiger partial charge in [-0.3, -0.25) is 0 Å². The Kier molecular flexibility index (Phi) is 2.30. The largest absolute Gasteiger partial charge is 0.388 e. The SMILES string of the molecule is COCn1nnc(CO)n1. The van der Waals surface area contributed by atoms with Crippen LogP contribution in [-0.2, 0) is 18.1 Å². The monoisotopic (exact) mass is 144 g/mol. The predicted octanol–water partition coefficient (Wildman–Crippen LogP) is -1.23. The third kappa shape index (κ3) is 1.49. The first-order valence-corrected chi connectivity index (χ1v) is 2.73. The van der Waals surface area contributed by atoms with E-state index < -0.39 is 0 Å². The summed E-state index contributed by atoms with van der Waals surface area (Å²) in [5.41, 5.74) is 0. The van der Waals surface area contributed by atoms with Crippen LogP contribution in [-0.4, -0.2) is 32.4 Å². The zero-order valence-corrected chi connectivity index (χ0v) is 5.56. The van der Waals surface area contributed by atoms with Crippen LogP contribution in [0.25, 0.3) is 0 Å². The van der Waals surface area contributed by atoms with Gasteiger partial charge in [0.15, 0.2) is 12.6 Å². The number of hydrogen-bond acceptors (Lipinski definition) is 5. The summed E-state index contributed by atoms with van der Waals surface area (Å²) in [5.74, 6) is 0.303. The van der Waals surface area contributed by atoms with Crippen molar-refractivity contribution in [3.8, 4) is 0 Å². The highest BCUT2D eigenvalue weighted by molar-refractivity contribution is 4.69. The minimum absolute atomic E-state index is 0.191. The Morgan fingerprint density at radius 1 is 1.70 bits per heavy atom. The first kappa shape index (κ1) is 7.10. The van der Waals surface area contributed by atoms with E-state index in [1.165, 1.54) is 11.9 Å². The van der Waals surface area contributed by atoms with Crippen molar-refractivity contribution < 1.29 is 9.84 Å². The molecule has 1 N–H and O–H groups in total. The van der Waals surface area contributed by atoms with Crippen LogP contribution in [0, 0.1) is 0 Å². The van der Waals surface area contributed by atoms with Gasteiger partial charge in [0.2, 0.25) is 0 Å². The van der Waals surface area contributed by atoms with E-state index in [1.54, 1.807) is 0 Å². The second-order valence-electron chi connectivity index (χ2n) is 1.65. The van der Waals surface area contributed by atoms with Crippen molar-refractivity contribution in [3.05, 3.63) is 5.82 Å². The lowest BCUT2D eigenvalue weighted by molar-refractivity contribution is 0.106. The summed E-state index contributed by atoms with van der Waals surface area (Å²) in [4.78, 5) is 1.26. The maximum Gasteiger partial charge on any atom is 0.200 e. The van der Waals surface area contributed by atoms with Crippen molar-refractivity contribution >= 4 is 0 Å². The lowest BCUT2D eigenvalue weighted by atomic mass is 10.7. The highest BCUT2D eigenvalue weighted by Gasteiger charge is 1.97. The quantitative estimate of drug-likeness (QED) is 0.575. The molecule has 6 nitrogen and oxygen atoms in total. The molecule has 0 atom stereocenters. The fourth-order valence-corrected chi connectivity index (χ4v) is 0.510. The van der Waals surface area contributed by atoms with Crippen molar-refractivity contribution in [3.63, 3.8) is 0 Å². The molecular weight excluding hydrogens is 136 g/mol. The number of aliphatic hydroxyl groups excluding tert-OH is 1. The molecule has 0 radical (unpaired) electrons. The van der Waals surface area contributed by atoms with E-state index in [4.69, 9.17) is 9.84 Å². The van der Waals surface area contributed by atoms with Gasteiger partial charge in [-0.05, 0) is 5.21 Å². The topological polar surface area (TPSA) is 73.1 Å². The Balaban J connectivity index is 2.59. The maximum atomic E-state index is 8.50. The standard InChI is InChI=1S/C4H8N4O2/c1-10-3-8-6-4(2-9)5-7-8/h9H,2-3H2,1H3. The molecule has 1 heterocycles. The molecule has 0 bridgehead atoms. The molecule has 0 spiro atoms. The molecule has 1 rings (SSSR count). The number of aromatic nitrogens is 4. The molecule has 0 unspecified atom stereocenters. The van der Waals surface area contributed by atoms with Crippen molar-refractivity contribution in [1.82, 2.24) is 20.2 Å². The Labute approximate surface area is 57.4 Å². The third-order valence-electron chi connectivity index (χ3n) is 0.880. The molecule has 1 aromatic heterocycles. The highest BCUT2D eigenvalue weighted by atomic mass is 16.5. The zero-order valence-electron chi connectivity index (χ0n) is 5.56. The van der Waals surface area contributed by atoms with Crippen LogP contribution in [0.5, 0.6) is 0 Å². The smallest absolute Gasteiger partial charge is 0.200 e. The second kappa shape index (κ2) is 3.23. The van der Waals surface area contributed by atoms with E-state index in [9.17, 15) is 0 Å². The Morgan fingerprint density at radius 2 is 2.50 bits per heavy atom. The molecule has 0 fully saturated rings. The van der Waals surface area contributed by atoms with E-state index >= 15 is 0 Å². The van der Waals surface area contributed by atoms with Crippen molar-refractivity contribution in [2.75, 3.05) is 7.11 Å². The van der Waals surface area contributed by atoms with Crippen LogP contribution in [0.2, 0.25) is 0 Å². The summed E-state index contributed by atoms with van der Waals surface area (Å²) in [6, 6.07) is 0. The van der Waals surface area contributed by atoms with E-state index in [0.29, 0.717) is 5.82 Å². The van der Waals surface area contributed by atoms with Crippen LogP contribution in [0.3, 0.4) is 0 Å². The number of hydrogen-bond donors (Lipinski definition) is 1. The summed E-state index contributed by atoms with van der Waals surface area (Å²) in [7, 11) is 1.53. The molecule has 6 heteroatoms. The van der Waals surface area contributed by atoms with Crippen LogP contribution >= 0.6 is 0 Å². The molecule has 0 saturated carbocycles. The van der Waals surface area contributed by atoms with Crippen LogP contribution in [0.1, 0.15) is 5.82 Å². The van der Waals surface area contributed by atoms with E-state index in [0.717, 1.165) is 0 Å². The van der Waals surface area contributed by atoms with Gasteiger partial charge in [-0.2, -0.15) is 0 Å². The van der Waals surface area contributed by atoms with Gasteiger partial charge in [-0.1, -0.05) is 0 Å². The lowest BCUT2D eigenvalue weighted by Crippen LogP contribution is -2.04. The van der Waals surface area contributed by atoms with Gasteiger partial charge in [-0.25, -0.2) is 0 Å². The van der Waals surface area contributed by atoms with Crippen molar-refractivity contribution in [1.29, 1.82) is 0 Å². The Morgan fingerprint density at radius 3 is 3.00 bits per heavy atom.